The van der Waals surface area contributed by atoms with Crippen LogP contribution in [-0.2, 0) is 26.8 Å². The number of nitrogens with one attached hydrogen (secondary N) is 1. The Labute approximate surface area is 189 Å². The second-order valence-corrected chi connectivity index (χ2v) is 10.3. The van der Waals surface area contributed by atoms with Crippen LogP contribution in [0, 0.1) is 11.6 Å². The number of hydrogen-bond acceptors (Lipinski definition) is 5. The number of urea groups is 1. The summed E-state index contributed by atoms with van der Waals surface area (Å²) in [4.78, 5) is 39.0. The molecule has 1 saturated heterocycles. The normalized spacial score (nSPS) is 22.5. The van der Waals surface area contributed by atoms with Crippen molar-refractivity contribution < 1.29 is 31.6 Å². The molecule has 4 rings (SSSR count). The zero-order chi connectivity index (χ0) is 24.3. The number of fused-ring (bicyclic) bond motifs is 1. The highest BCUT2D eigenvalue weighted by atomic mass is 32.2. The van der Waals surface area contributed by atoms with E-state index in [2.05, 4.69) is 5.32 Å². The zero-order valence-electron chi connectivity index (χ0n) is 18.1. The molecule has 0 spiro atoms. The lowest BCUT2D eigenvalue weighted by atomic mass is 9.91. The SMILES string of the molecule is C[C@@H]1Cc2cc(C(=O)CN3C(=O)N[C@](C)(c4cc(F)ccc4F)C3=O)ccc2N1S(C)(=O)=O. The minimum atomic E-state index is -3.49. The maximum absolute atomic E-state index is 14.3. The molecule has 0 bridgehead atoms. The Hall–Kier alpha value is -3.34. The Morgan fingerprint density at radius 3 is 2.55 bits per heavy atom. The average Bonchev–Trinajstić information content (AvgIpc) is 3.17. The molecule has 0 aromatic heterocycles. The maximum atomic E-state index is 14.3. The Balaban J connectivity index is 1.59. The van der Waals surface area contributed by atoms with E-state index in [4.69, 9.17) is 0 Å². The molecule has 2 heterocycles. The fourth-order valence-corrected chi connectivity index (χ4v) is 5.68. The van der Waals surface area contributed by atoms with Gasteiger partial charge in [0.1, 0.15) is 17.2 Å². The van der Waals surface area contributed by atoms with E-state index in [1.165, 1.54) is 23.4 Å². The number of benzene rings is 2. The number of carbonyl (C=O) groups excluding carboxylic acids is 3. The molecule has 1 fully saturated rings. The quantitative estimate of drug-likeness (QED) is 0.526. The second-order valence-electron chi connectivity index (χ2n) is 8.45. The lowest BCUT2D eigenvalue weighted by Crippen LogP contribution is -2.42. The first kappa shape index (κ1) is 22.8. The molecule has 0 saturated carbocycles. The van der Waals surface area contributed by atoms with Gasteiger partial charge in [-0.15, -0.1) is 0 Å². The van der Waals surface area contributed by atoms with Gasteiger partial charge in [-0.2, -0.15) is 0 Å². The van der Waals surface area contributed by atoms with E-state index in [0.29, 0.717) is 22.6 Å². The monoisotopic (exact) mass is 477 g/mol. The number of carbonyl (C=O) groups is 3. The largest absolute Gasteiger partial charge is 0.325 e. The number of ketones is 1. The van der Waals surface area contributed by atoms with Gasteiger partial charge in [-0.05, 0) is 62.2 Å². The molecule has 2 atom stereocenters. The van der Waals surface area contributed by atoms with Gasteiger partial charge in [-0.25, -0.2) is 22.0 Å². The smallest absolute Gasteiger partial charge is 0.319 e. The van der Waals surface area contributed by atoms with Gasteiger partial charge in [0, 0.05) is 17.2 Å². The number of halogens is 2. The van der Waals surface area contributed by atoms with Crippen molar-refractivity contribution in [2.75, 3.05) is 17.1 Å². The van der Waals surface area contributed by atoms with E-state index < -0.39 is 51.5 Å². The van der Waals surface area contributed by atoms with Gasteiger partial charge in [-0.1, -0.05) is 0 Å². The maximum Gasteiger partial charge on any atom is 0.325 e. The summed E-state index contributed by atoms with van der Waals surface area (Å²) in [5, 5.41) is 2.35. The van der Waals surface area contributed by atoms with E-state index >= 15 is 0 Å². The molecule has 33 heavy (non-hydrogen) atoms. The highest BCUT2D eigenvalue weighted by Crippen LogP contribution is 2.35. The van der Waals surface area contributed by atoms with Gasteiger partial charge in [-0.3, -0.25) is 18.8 Å². The summed E-state index contributed by atoms with van der Waals surface area (Å²) >= 11 is 0. The minimum absolute atomic E-state index is 0.197. The first-order chi connectivity index (χ1) is 15.3. The van der Waals surface area contributed by atoms with Gasteiger partial charge in [0.2, 0.25) is 10.0 Å². The predicted octanol–water partition coefficient (Wildman–Crippen LogP) is 2.33. The molecule has 174 valence electrons. The van der Waals surface area contributed by atoms with Crippen LogP contribution in [-0.4, -0.2) is 49.9 Å². The molecule has 2 aromatic carbocycles. The molecule has 0 unspecified atom stereocenters. The number of imide groups is 1. The second kappa shape index (κ2) is 7.62. The lowest BCUT2D eigenvalue weighted by Gasteiger charge is -2.23. The Bertz CT molecular complexity index is 1310. The number of nitrogens with zero attached hydrogens (tertiary/aromatic N) is 2. The van der Waals surface area contributed by atoms with Crippen molar-refractivity contribution in [2.45, 2.75) is 31.8 Å². The summed E-state index contributed by atoms with van der Waals surface area (Å²) in [6.45, 7) is 2.38. The van der Waals surface area contributed by atoms with E-state index in [9.17, 15) is 31.6 Å². The van der Waals surface area contributed by atoms with Gasteiger partial charge in [0.25, 0.3) is 5.91 Å². The standard InChI is InChI=1S/C22H21F2N3O5S/c1-12-8-14-9-13(4-7-18(14)27(12)33(3,31)32)19(28)11-26-20(29)22(2,25-21(26)30)16-10-15(23)5-6-17(16)24/h4-7,9-10,12H,8,11H2,1-3H3,(H,25,30)/t12-,22-/m1/s1. The lowest BCUT2D eigenvalue weighted by molar-refractivity contribution is -0.130. The zero-order valence-corrected chi connectivity index (χ0v) is 18.9. The van der Waals surface area contributed by atoms with Crippen molar-refractivity contribution in [2.24, 2.45) is 0 Å². The number of Topliss-reactive ketones (excluding diaryl/α,β-unsaturated/α-hetero) is 1. The third-order valence-corrected chi connectivity index (χ3v) is 7.23. The molecular formula is C22H21F2N3O5S. The third-order valence-electron chi connectivity index (χ3n) is 5.96. The molecule has 1 N–H and O–H groups in total. The van der Waals surface area contributed by atoms with Crippen LogP contribution in [0.15, 0.2) is 36.4 Å². The molecule has 8 nitrogen and oxygen atoms in total. The highest BCUT2D eigenvalue weighted by molar-refractivity contribution is 7.92. The summed E-state index contributed by atoms with van der Waals surface area (Å²) in [7, 11) is -3.49. The summed E-state index contributed by atoms with van der Waals surface area (Å²) in [6, 6.07) is 5.86. The molecule has 2 aliphatic rings. The van der Waals surface area contributed by atoms with Crippen LogP contribution in [0.2, 0.25) is 0 Å². The van der Waals surface area contributed by atoms with E-state index in [1.807, 2.05) is 0 Å². The van der Waals surface area contributed by atoms with Crippen LogP contribution in [0.25, 0.3) is 0 Å². The van der Waals surface area contributed by atoms with Gasteiger partial charge in [0.15, 0.2) is 5.78 Å². The molecule has 0 aliphatic carbocycles. The van der Waals surface area contributed by atoms with Crippen molar-refractivity contribution in [3.8, 4) is 0 Å². The van der Waals surface area contributed by atoms with Crippen molar-refractivity contribution in [3.05, 3.63) is 64.7 Å². The fraction of sp³-hybridized carbons (Fsp3) is 0.318. The summed E-state index contributed by atoms with van der Waals surface area (Å²) in [5.41, 5.74) is -0.883. The summed E-state index contributed by atoms with van der Waals surface area (Å²) in [5.74, 6) is -3.09. The van der Waals surface area contributed by atoms with E-state index in [-0.39, 0.29) is 17.2 Å². The predicted molar refractivity (Wildman–Crippen MR) is 115 cm³/mol. The molecule has 11 heteroatoms. The first-order valence-electron chi connectivity index (χ1n) is 10.1. The molecule has 2 aromatic rings. The van der Waals surface area contributed by atoms with Crippen LogP contribution in [0.1, 0.15) is 35.3 Å². The summed E-state index contributed by atoms with van der Waals surface area (Å²) < 4.78 is 53.4. The number of rotatable bonds is 5. The molecule has 2 aliphatic heterocycles. The van der Waals surface area contributed by atoms with Crippen LogP contribution in [0.3, 0.4) is 0 Å². The molecular weight excluding hydrogens is 456 g/mol. The van der Waals surface area contributed by atoms with Crippen molar-refractivity contribution in [1.29, 1.82) is 0 Å². The molecule has 3 amide bonds. The van der Waals surface area contributed by atoms with E-state index in [0.717, 1.165) is 24.5 Å². The molecule has 0 radical (unpaired) electrons. The number of sulfonamides is 1. The minimum Gasteiger partial charge on any atom is -0.319 e. The number of anilines is 1. The van der Waals surface area contributed by atoms with Crippen molar-refractivity contribution in [1.82, 2.24) is 10.2 Å². The number of hydrogen-bond donors (Lipinski definition) is 1. The van der Waals surface area contributed by atoms with Gasteiger partial charge < -0.3 is 5.32 Å². The van der Waals surface area contributed by atoms with Crippen LogP contribution in [0.4, 0.5) is 19.3 Å². The Kier molecular flexibility index (Phi) is 5.27. The van der Waals surface area contributed by atoms with Crippen molar-refractivity contribution in [3.63, 3.8) is 0 Å². The fourth-order valence-electron chi connectivity index (χ4n) is 4.42. The van der Waals surface area contributed by atoms with Crippen LogP contribution >= 0.6 is 0 Å². The first-order valence-corrected chi connectivity index (χ1v) is 11.9. The Morgan fingerprint density at radius 2 is 1.88 bits per heavy atom. The van der Waals surface area contributed by atoms with Crippen LogP contribution in [0.5, 0.6) is 0 Å². The van der Waals surface area contributed by atoms with Gasteiger partial charge in [0.05, 0.1) is 18.5 Å². The Morgan fingerprint density at radius 1 is 1.18 bits per heavy atom. The summed E-state index contributed by atoms with van der Waals surface area (Å²) in [6.07, 6.45) is 1.51. The highest BCUT2D eigenvalue weighted by Gasteiger charge is 2.51. The number of amides is 3. The average molecular weight is 477 g/mol. The topological polar surface area (TPSA) is 104 Å². The van der Waals surface area contributed by atoms with E-state index in [1.54, 1.807) is 13.0 Å². The van der Waals surface area contributed by atoms with Crippen molar-refractivity contribution >= 4 is 33.4 Å². The van der Waals surface area contributed by atoms with Gasteiger partial charge >= 0.3 is 6.03 Å². The third kappa shape index (κ3) is 3.75. The van der Waals surface area contributed by atoms with Crippen LogP contribution < -0.4 is 9.62 Å².